The highest BCUT2D eigenvalue weighted by Gasteiger charge is 2.22. The van der Waals surface area contributed by atoms with E-state index in [4.69, 9.17) is 23.2 Å². The van der Waals surface area contributed by atoms with Gasteiger partial charge in [0, 0.05) is 11.1 Å². The number of hydrogen-bond donors (Lipinski definition) is 2. The monoisotopic (exact) mass is 308 g/mol. The summed E-state index contributed by atoms with van der Waals surface area (Å²) in [4.78, 5) is 0. The maximum Gasteiger partial charge on any atom is 0.234 e. The minimum Gasteiger partial charge on any atom is -0.313 e. The van der Waals surface area contributed by atoms with Crippen LogP contribution in [0.1, 0.15) is 12.8 Å². The van der Waals surface area contributed by atoms with Gasteiger partial charge >= 0.3 is 0 Å². The van der Waals surface area contributed by atoms with E-state index in [-0.39, 0.29) is 11.8 Å². The Kier molecular flexibility index (Phi) is 4.37. The Morgan fingerprint density at radius 1 is 1.39 bits per heavy atom. The standard InChI is InChI=1S/C11H14Cl2N2O2S/c12-8-3-4-11(10(13)6-8)15-18(16,17)7-9-2-1-5-14-9/h3-4,6,9,14-15H,1-2,5,7H2. The Morgan fingerprint density at radius 2 is 2.17 bits per heavy atom. The van der Waals surface area contributed by atoms with Gasteiger partial charge in [-0.3, -0.25) is 4.72 Å². The molecule has 1 aromatic carbocycles. The van der Waals surface area contributed by atoms with Crippen molar-refractivity contribution in [3.8, 4) is 0 Å². The molecule has 1 atom stereocenters. The van der Waals surface area contributed by atoms with Crippen LogP contribution in [-0.4, -0.2) is 26.8 Å². The zero-order valence-electron chi connectivity index (χ0n) is 9.62. The van der Waals surface area contributed by atoms with Crippen LogP contribution < -0.4 is 10.0 Å². The summed E-state index contributed by atoms with van der Waals surface area (Å²) in [5.74, 6) is 0.0615. The Hall–Kier alpha value is -0.490. The zero-order chi connectivity index (χ0) is 13.2. The van der Waals surface area contributed by atoms with Gasteiger partial charge in [-0.1, -0.05) is 23.2 Å². The molecule has 1 heterocycles. The van der Waals surface area contributed by atoms with Crippen molar-refractivity contribution < 1.29 is 8.42 Å². The van der Waals surface area contributed by atoms with Crippen LogP contribution in [0, 0.1) is 0 Å². The largest absolute Gasteiger partial charge is 0.313 e. The van der Waals surface area contributed by atoms with E-state index < -0.39 is 10.0 Å². The lowest BCUT2D eigenvalue weighted by Crippen LogP contribution is -2.32. The van der Waals surface area contributed by atoms with Crippen molar-refractivity contribution in [1.82, 2.24) is 5.32 Å². The lowest BCUT2D eigenvalue weighted by atomic mass is 10.3. The van der Waals surface area contributed by atoms with Gasteiger partial charge in [-0.2, -0.15) is 0 Å². The van der Waals surface area contributed by atoms with Gasteiger partial charge in [0.15, 0.2) is 0 Å². The molecule has 18 heavy (non-hydrogen) atoms. The highest BCUT2D eigenvalue weighted by Crippen LogP contribution is 2.26. The molecule has 0 aromatic heterocycles. The maximum atomic E-state index is 12.0. The number of nitrogens with one attached hydrogen (secondary N) is 2. The van der Waals surface area contributed by atoms with E-state index in [1.165, 1.54) is 6.07 Å². The van der Waals surface area contributed by atoms with E-state index in [9.17, 15) is 8.42 Å². The van der Waals surface area contributed by atoms with Crippen molar-refractivity contribution in [2.75, 3.05) is 17.0 Å². The summed E-state index contributed by atoms with van der Waals surface area (Å²) in [5, 5.41) is 3.92. The summed E-state index contributed by atoms with van der Waals surface area (Å²) >= 11 is 11.7. The molecule has 100 valence electrons. The van der Waals surface area contributed by atoms with Gasteiger partial charge in [0.2, 0.25) is 10.0 Å². The molecule has 2 rings (SSSR count). The highest BCUT2D eigenvalue weighted by molar-refractivity contribution is 7.92. The second-order valence-corrected chi connectivity index (χ2v) is 6.91. The molecule has 1 unspecified atom stereocenters. The van der Waals surface area contributed by atoms with Crippen LogP contribution in [0.15, 0.2) is 18.2 Å². The van der Waals surface area contributed by atoms with Crippen molar-refractivity contribution in [1.29, 1.82) is 0 Å². The van der Waals surface area contributed by atoms with E-state index in [1.54, 1.807) is 12.1 Å². The molecule has 1 fully saturated rings. The Labute approximate surface area is 117 Å². The molecule has 7 heteroatoms. The number of halogens is 2. The molecule has 1 aromatic rings. The lowest BCUT2D eigenvalue weighted by Gasteiger charge is -2.13. The second-order valence-electron chi connectivity index (χ2n) is 4.30. The first kappa shape index (κ1) is 13.9. The molecule has 1 aliphatic heterocycles. The highest BCUT2D eigenvalue weighted by atomic mass is 35.5. The number of anilines is 1. The smallest absolute Gasteiger partial charge is 0.234 e. The van der Waals surface area contributed by atoms with Gasteiger partial charge in [0.1, 0.15) is 0 Å². The van der Waals surface area contributed by atoms with Crippen LogP contribution in [0.25, 0.3) is 0 Å². The molecule has 1 aliphatic rings. The average Bonchev–Trinajstić information content (AvgIpc) is 2.74. The predicted molar refractivity (Wildman–Crippen MR) is 74.9 cm³/mol. The van der Waals surface area contributed by atoms with Crippen LogP contribution >= 0.6 is 23.2 Å². The third-order valence-electron chi connectivity index (χ3n) is 2.78. The first-order chi connectivity index (χ1) is 8.46. The molecule has 0 aliphatic carbocycles. The molecular weight excluding hydrogens is 295 g/mol. The number of sulfonamides is 1. The van der Waals surface area contributed by atoms with Crippen molar-refractivity contribution in [3.05, 3.63) is 28.2 Å². The van der Waals surface area contributed by atoms with Gasteiger partial charge in [-0.05, 0) is 37.6 Å². The summed E-state index contributed by atoms with van der Waals surface area (Å²) in [7, 11) is -3.39. The zero-order valence-corrected chi connectivity index (χ0v) is 11.9. The summed E-state index contributed by atoms with van der Waals surface area (Å²) in [5.41, 5.74) is 0.360. The fourth-order valence-electron chi connectivity index (χ4n) is 1.95. The van der Waals surface area contributed by atoms with Crippen molar-refractivity contribution in [2.45, 2.75) is 18.9 Å². The summed E-state index contributed by atoms with van der Waals surface area (Å²) < 4.78 is 26.4. The predicted octanol–water partition coefficient (Wildman–Crippen LogP) is 2.49. The first-order valence-electron chi connectivity index (χ1n) is 5.65. The van der Waals surface area contributed by atoms with Crippen LogP contribution in [0.5, 0.6) is 0 Å². The summed E-state index contributed by atoms with van der Waals surface area (Å²) in [6, 6.07) is 4.69. The van der Waals surface area contributed by atoms with Crippen molar-refractivity contribution >= 4 is 38.9 Å². The summed E-state index contributed by atoms with van der Waals surface area (Å²) in [6.45, 7) is 0.877. The van der Waals surface area contributed by atoms with Crippen molar-refractivity contribution in [2.24, 2.45) is 0 Å². The normalized spacial score (nSPS) is 20.0. The van der Waals surface area contributed by atoms with E-state index >= 15 is 0 Å². The fraction of sp³-hybridized carbons (Fsp3) is 0.455. The quantitative estimate of drug-likeness (QED) is 0.898. The molecule has 0 radical (unpaired) electrons. The van der Waals surface area contributed by atoms with E-state index in [1.807, 2.05) is 0 Å². The minimum atomic E-state index is -3.39. The van der Waals surface area contributed by atoms with Gasteiger partial charge in [0.05, 0.1) is 16.5 Å². The third kappa shape index (κ3) is 3.75. The second kappa shape index (κ2) is 5.65. The molecule has 0 amide bonds. The van der Waals surface area contributed by atoms with E-state index in [2.05, 4.69) is 10.0 Å². The van der Waals surface area contributed by atoms with Crippen molar-refractivity contribution in [3.63, 3.8) is 0 Å². The summed E-state index contributed by atoms with van der Waals surface area (Å²) in [6.07, 6.45) is 1.90. The number of benzene rings is 1. The van der Waals surface area contributed by atoms with Crippen LogP contribution in [0.2, 0.25) is 10.0 Å². The van der Waals surface area contributed by atoms with Gasteiger partial charge in [0.25, 0.3) is 0 Å². The van der Waals surface area contributed by atoms with Crippen LogP contribution in [-0.2, 0) is 10.0 Å². The topological polar surface area (TPSA) is 58.2 Å². The van der Waals surface area contributed by atoms with Gasteiger partial charge in [-0.25, -0.2) is 8.42 Å². The molecule has 0 bridgehead atoms. The Morgan fingerprint density at radius 3 is 2.78 bits per heavy atom. The van der Waals surface area contributed by atoms with E-state index in [0.717, 1.165) is 19.4 Å². The molecule has 4 nitrogen and oxygen atoms in total. The number of rotatable bonds is 4. The lowest BCUT2D eigenvalue weighted by molar-refractivity contribution is 0.582. The molecule has 2 N–H and O–H groups in total. The van der Waals surface area contributed by atoms with E-state index in [0.29, 0.717) is 15.7 Å². The minimum absolute atomic E-state index is 0.0218. The SMILES string of the molecule is O=S(=O)(CC1CCCN1)Nc1ccc(Cl)cc1Cl. The van der Waals surface area contributed by atoms with Gasteiger partial charge < -0.3 is 5.32 Å². The Balaban J connectivity index is 2.07. The van der Waals surface area contributed by atoms with Crippen LogP contribution in [0.4, 0.5) is 5.69 Å². The first-order valence-corrected chi connectivity index (χ1v) is 8.06. The van der Waals surface area contributed by atoms with Gasteiger partial charge in [-0.15, -0.1) is 0 Å². The Bertz CT molecular complexity index is 528. The maximum absolute atomic E-state index is 12.0. The number of hydrogen-bond acceptors (Lipinski definition) is 3. The molecule has 1 saturated heterocycles. The molecule has 0 spiro atoms. The molecule has 0 saturated carbocycles. The fourth-order valence-corrected chi connectivity index (χ4v) is 3.87. The molecular formula is C11H14Cl2N2O2S. The van der Waals surface area contributed by atoms with Crippen LogP contribution in [0.3, 0.4) is 0 Å². The average molecular weight is 309 g/mol. The third-order valence-corrected chi connectivity index (χ3v) is 4.70.